The Morgan fingerprint density at radius 3 is 2.38 bits per heavy atom. The van der Waals surface area contributed by atoms with Crippen LogP contribution in [0.1, 0.15) is 46.0 Å². The SMILES string of the molecule is CC(NC1(C)CCCCC1)C(=O)O. The van der Waals surface area contributed by atoms with Gasteiger partial charge in [0.05, 0.1) is 0 Å². The van der Waals surface area contributed by atoms with Crippen LogP contribution in [0.15, 0.2) is 0 Å². The molecule has 3 heteroatoms. The molecular weight excluding hydrogens is 166 g/mol. The maximum atomic E-state index is 10.7. The summed E-state index contributed by atoms with van der Waals surface area (Å²) in [5.74, 6) is -0.758. The minimum absolute atomic E-state index is 0.0516. The summed E-state index contributed by atoms with van der Waals surface area (Å²) >= 11 is 0. The fourth-order valence-electron chi connectivity index (χ4n) is 2.06. The molecule has 0 spiro atoms. The third-order valence-electron chi connectivity index (χ3n) is 2.89. The second-order valence-electron chi connectivity index (χ2n) is 4.33. The average Bonchev–Trinajstić information content (AvgIpc) is 2.04. The molecule has 0 saturated heterocycles. The van der Waals surface area contributed by atoms with Crippen molar-refractivity contribution in [3.63, 3.8) is 0 Å². The zero-order valence-electron chi connectivity index (χ0n) is 8.47. The van der Waals surface area contributed by atoms with E-state index < -0.39 is 12.0 Å². The number of nitrogens with one attached hydrogen (secondary N) is 1. The Balaban J connectivity index is 2.45. The number of carboxylic acid groups (broad SMARTS) is 1. The number of carboxylic acids is 1. The molecule has 0 aliphatic heterocycles. The summed E-state index contributed by atoms with van der Waals surface area (Å²) in [6, 6.07) is -0.428. The van der Waals surface area contributed by atoms with Crippen molar-refractivity contribution in [2.24, 2.45) is 0 Å². The molecule has 13 heavy (non-hydrogen) atoms. The Labute approximate surface area is 79.5 Å². The molecule has 1 aliphatic carbocycles. The molecule has 0 bridgehead atoms. The van der Waals surface area contributed by atoms with Crippen LogP contribution in [0.4, 0.5) is 0 Å². The minimum Gasteiger partial charge on any atom is -0.480 e. The monoisotopic (exact) mass is 185 g/mol. The Hall–Kier alpha value is -0.570. The van der Waals surface area contributed by atoms with E-state index in [1.807, 2.05) is 0 Å². The molecule has 0 radical (unpaired) electrons. The van der Waals surface area contributed by atoms with Gasteiger partial charge < -0.3 is 5.11 Å². The first-order valence-electron chi connectivity index (χ1n) is 5.04. The highest BCUT2D eigenvalue weighted by Gasteiger charge is 2.29. The molecule has 1 saturated carbocycles. The van der Waals surface area contributed by atoms with E-state index in [-0.39, 0.29) is 5.54 Å². The van der Waals surface area contributed by atoms with Crippen LogP contribution in [-0.2, 0) is 4.79 Å². The topological polar surface area (TPSA) is 49.3 Å². The van der Waals surface area contributed by atoms with Gasteiger partial charge in [0, 0.05) is 5.54 Å². The van der Waals surface area contributed by atoms with Gasteiger partial charge in [-0.25, -0.2) is 0 Å². The molecule has 1 fully saturated rings. The van der Waals surface area contributed by atoms with Crippen LogP contribution in [0.5, 0.6) is 0 Å². The third kappa shape index (κ3) is 2.99. The summed E-state index contributed by atoms with van der Waals surface area (Å²) in [4.78, 5) is 10.7. The molecule has 0 aromatic rings. The van der Waals surface area contributed by atoms with Gasteiger partial charge in [0.15, 0.2) is 0 Å². The lowest BCUT2D eigenvalue weighted by atomic mass is 9.83. The van der Waals surface area contributed by atoms with Crippen LogP contribution in [0.3, 0.4) is 0 Å². The van der Waals surface area contributed by atoms with Gasteiger partial charge in [-0.1, -0.05) is 19.3 Å². The molecule has 1 aliphatic rings. The molecular formula is C10H19NO2. The predicted octanol–water partition coefficient (Wildman–Crippen LogP) is 1.77. The maximum absolute atomic E-state index is 10.7. The minimum atomic E-state index is -0.758. The van der Waals surface area contributed by atoms with Crippen LogP contribution in [0.25, 0.3) is 0 Å². The Kier molecular flexibility index (Phi) is 3.31. The van der Waals surface area contributed by atoms with E-state index in [0.29, 0.717) is 0 Å². The van der Waals surface area contributed by atoms with E-state index in [1.54, 1.807) is 6.92 Å². The fourth-order valence-corrected chi connectivity index (χ4v) is 2.06. The first kappa shape index (κ1) is 10.5. The number of aliphatic carboxylic acids is 1. The van der Waals surface area contributed by atoms with Gasteiger partial charge in [-0.05, 0) is 26.7 Å². The van der Waals surface area contributed by atoms with E-state index in [2.05, 4.69) is 12.2 Å². The van der Waals surface area contributed by atoms with Gasteiger partial charge in [-0.2, -0.15) is 0 Å². The second-order valence-corrected chi connectivity index (χ2v) is 4.33. The predicted molar refractivity (Wildman–Crippen MR) is 51.7 cm³/mol. The van der Waals surface area contributed by atoms with Crippen molar-refractivity contribution < 1.29 is 9.90 Å². The van der Waals surface area contributed by atoms with E-state index in [0.717, 1.165) is 12.8 Å². The van der Waals surface area contributed by atoms with Crippen LogP contribution >= 0.6 is 0 Å². The molecule has 76 valence electrons. The Bertz CT molecular complexity index is 185. The standard InChI is InChI=1S/C10H19NO2/c1-8(9(12)13)11-10(2)6-4-3-5-7-10/h8,11H,3-7H2,1-2H3,(H,12,13). The fraction of sp³-hybridized carbons (Fsp3) is 0.900. The van der Waals surface area contributed by atoms with E-state index in [9.17, 15) is 4.79 Å². The Morgan fingerprint density at radius 2 is 1.92 bits per heavy atom. The summed E-state index contributed by atoms with van der Waals surface area (Å²) in [6.45, 7) is 3.84. The molecule has 0 amide bonds. The highest BCUT2D eigenvalue weighted by Crippen LogP contribution is 2.27. The van der Waals surface area contributed by atoms with Crippen molar-refractivity contribution in [3.8, 4) is 0 Å². The largest absolute Gasteiger partial charge is 0.480 e. The van der Waals surface area contributed by atoms with Crippen molar-refractivity contribution in [3.05, 3.63) is 0 Å². The van der Waals surface area contributed by atoms with Crippen LogP contribution in [0, 0.1) is 0 Å². The normalized spacial score (nSPS) is 23.8. The van der Waals surface area contributed by atoms with E-state index >= 15 is 0 Å². The van der Waals surface area contributed by atoms with Crippen molar-refractivity contribution in [2.75, 3.05) is 0 Å². The van der Waals surface area contributed by atoms with Crippen molar-refractivity contribution in [1.29, 1.82) is 0 Å². The average molecular weight is 185 g/mol. The number of rotatable bonds is 3. The van der Waals surface area contributed by atoms with Gasteiger partial charge in [-0.15, -0.1) is 0 Å². The van der Waals surface area contributed by atoms with Crippen LogP contribution in [0.2, 0.25) is 0 Å². The van der Waals surface area contributed by atoms with Crippen LogP contribution in [-0.4, -0.2) is 22.7 Å². The highest BCUT2D eigenvalue weighted by molar-refractivity contribution is 5.72. The number of carbonyl (C=O) groups is 1. The van der Waals surface area contributed by atoms with Gasteiger partial charge in [0.2, 0.25) is 0 Å². The molecule has 1 atom stereocenters. The summed E-state index contributed by atoms with van der Waals surface area (Å²) in [6.07, 6.45) is 5.93. The maximum Gasteiger partial charge on any atom is 0.320 e. The van der Waals surface area contributed by atoms with E-state index in [1.165, 1.54) is 19.3 Å². The molecule has 0 aromatic heterocycles. The van der Waals surface area contributed by atoms with E-state index in [4.69, 9.17) is 5.11 Å². The first-order valence-corrected chi connectivity index (χ1v) is 5.04. The molecule has 0 heterocycles. The second kappa shape index (κ2) is 4.09. The molecule has 1 rings (SSSR count). The highest BCUT2D eigenvalue weighted by atomic mass is 16.4. The van der Waals surface area contributed by atoms with Gasteiger partial charge in [0.25, 0.3) is 0 Å². The van der Waals surface area contributed by atoms with Crippen molar-refractivity contribution in [1.82, 2.24) is 5.32 Å². The van der Waals surface area contributed by atoms with Crippen molar-refractivity contribution >= 4 is 5.97 Å². The summed E-state index contributed by atoms with van der Waals surface area (Å²) in [5.41, 5.74) is 0.0516. The molecule has 2 N–H and O–H groups in total. The molecule has 3 nitrogen and oxygen atoms in total. The van der Waals surface area contributed by atoms with Crippen LogP contribution < -0.4 is 5.32 Å². The van der Waals surface area contributed by atoms with Crippen molar-refractivity contribution in [2.45, 2.75) is 57.5 Å². The summed E-state index contributed by atoms with van der Waals surface area (Å²) < 4.78 is 0. The lowest BCUT2D eigenvalue weighted by Crippen LogP contribution is -2.50. The zero-order valence-corrected chi connectivity index (χ0v) is 8.47. The third-order valence-corrected chi connectivity index (χ3v) is 2.89. The lowest BCUT2D eigenvalue weighted by molar-refractivity contribution is -0.139. The zero-order chi connectivity index (χ0) is 9.90. The quantitative estimate of drug-likeness (QED) is 0.704. The molecule has 1 unspecified atom stereocenters. The number of hydrogen-bond donors (Lipinski definition) is 2. The summed E-state index contributed by atoms with van der Waals surface area (Å²) in [7, 11) is 0. The van der Waals surface area contributed by atoms with Gasteiger partial charge >= 0.3 is 5.97 Å². The number of hydrogen-bond acceptors (Lipinski definition) is 2. The van der Waals surface area contributed by atoms with Gasteiger partial charge in [-0.3, -0.25) is 10.1 Å². The first-order chi connectivity index (χ1) is 6.03. The van der Waals surface area contributed by atoms with Gasteiger partial charge in [0.1, 0.15) is 6.04 Å². The molecule has 0 aromatic carbocycles. The smallest absolute Gasteiger partial charge is 0.320 e. The lowest BCUT2D eigenvalue weighted by Gasteiger charge is -2.36. The summed E-state index contributed by atoms with van der Waals surface area (Å²) in [5, 5.41) is 12.0. The Morgan fingerprint density at radius 1 is 1.38 bits per heavy atom.